The molecule has 1 aromatic rings. The topological polar surface area (TPSA) is 103 Å². The van der Waals surface area contributed by atoms with Gasteiger partial charge in [0.25, 0.3) is 0 Å². The van der Waals surface area contributed by atoms with E-state index in [1.54, 1.807) is 0 Å². The molecule has 0 fully saturated rings. The van der Waals surface area contributed by atoms with Crippen molar-refractivity contribution >= 4 is 12.1 Å². The van der Waals surface area contributed by atoms with Gasteiger partial charge in [0.1, 0.15) is 6.61 Å². The van der Waals surface area contributed by atoms with Crippen LogP contribution in [0.1, 0.15) is 24.8 Å². The molecule has 1 aromatic carbocycles. The van der Waals surface area contributed by atoms with Crippen LogP contribution in [0.25, 0.3) is 0 Å². The highest BCUT2D eigenvalue weighted by Gasteiger charge is 2.00. The molecule has 0 radical (unpaired) electrons. The molecule has 0 bridgehead atoms. The standard InChI is InChI=1S/C16H22N4O2/c17-15(18)19-11-7-2-1-3-8-12-20-16(21)22-13-14-9-5-4-6-10-14/h4-6,9-10H,2,7-8,11-13H2,(H,20,21)(H4,17,18,19). The van der Waals surface area contributed by atoms with E-state index in [2.05, 4.69) is 22.2 Å². The molecule has 0 aliphatic rings. The lowest BCUT2D eigenvalue weighted by atomic mass is 10.2. The minimum absolute atomic E-state index is 0.103. The number of aliphatic imine (C=N–C) groups is 1. The van der Waals surface area contributed by atoms with E-state index in [-0.39, 0.29) is 12.6 Å². The van der Waals surface area contributed by atoms with Gasteiger partial charge in [-0.15, -0.1) is 11.8 Å². The van der Waals surface area contributed by atoms with Crippen molar-refractivity contribution in [2.75, 3.05) is 13.1 Å². The summed E-state index contributed by atoms with van der Waals surface area (Å²) in [6.45, 7) is 1.32. The molecule has 0 aliphatic carbocycles. The van der Waals surface area contributed by atoms with Gasteiger partial charge in [-0.3, -0.25) is 4.99 Å². The van der Waals surface area contributed by atoms with Crippen molar-refractivity contribution in [1.82, 2.24) is 5.32 Å². The Labute approximate surface area is 130 Å². The van der Waals surface area contributed by atoms with E-state index in [1.807, 2.05) is 30.3 Å². The summed E-state index contributed by atoms with van der Waals surface area (Å²) in [6.07, 6.45) is 1.70. The quantitative estimate of drug-likeness (QED) is 0.306. The fourth-order valence-electron chi connectivity index (χ4n) is 1.55. The molecule has 6 nitrogen and oxygen atoms in total. The van der Waals surface area contributed by atoms with Gasteiger partial charge in [-0.2, -0.15) is 0 Å². The molecule has 0 spiro atoms. The predicted octanol–water partition coefficient (Wildman–Crippen LogP) is 1.36. The number of ether oxygens (including phenoxy) is 1. The molecular weight excluding hydrogens is 280 g/mol. The van der Waals surface area contributed by atoms with Crippen LogP contribution in [0, 0.1) is 11.8 Å². The zero-order valence-corrected chi connectivity index (χ0v) is 12.5. The molecule has 1 amide bonds. The van der Waals surface area contributed by atoms with Gasteiger partial charge < -0.3 is 21.5 Å². The minimum atomic E-state index is -0.432. The second-order valence-electron chi connectivity index (χ2n) is 4.50. The van der Waals surface area contributed by atoms with Crippen molar-refractivity contribution in [3.63, 3.8) is 0 Å². The maximum atomic E-state index is 11.4. The fourth-order valence-corrected chi connectivity index (χ4v) is 1.55. The average Bonchev–Trinajstić information content (AvgIpc) is 2.52. The van der Waals surface area contributed by atoms with Crippen LogP contribution in [0.3, 0.4) is 0 Å². The van der Waals surface area contributed by atoms with Gasteiger partial charge in [-0.1, -0.05) is 30.3 Å². The van der Waals surface area contributed by atoms with Gasteiger partial charge in [-0.05, 0) is 12.0 Å². The van der Waals surface area contributed by atoms with Crippen LogP contribution in [0.2, 0.25) is 0 Å². The summed E-state index contributed by atoms with van der Waals surface area (Å²) < 4.78 is 5.07. The lowest BCUT2D eigenvalue weighted by molar-refractivity contribution is 0.140. The van der Waals surface area contributed by atoms with Gasteiger partial charge in [0.2, 0.25) is 0 Å². The smallest absolute Gasteiger partial charge is 0.407 e. The number of amides is 1. The Kier molecular flexibility index (Phi) is 8.71. The van der Waals surface area contributed by atoms with E-state index >= 15 is 0 Å². The number of hydrogen-bond acceptors (Lipinski definition) is 3. The van der Waals surface area contributed by atoms with E-state index in [0.29, 0.717) is 19.5 Å². The number of hydrogen-bond donors (Lipinski definition) is 3. The molecular formula is C16H22N4O2. The number of benzene rings is 1. The third-order valence-electron chi connectivity index (χ3n) is 2.61. The van der Waals surface area contributed by atoms with Crippen molar-refractivity contribution in [3.8, 4) is 11.8 Å². The first-order chi connectivity index (χ1) is 10.7. The lowest BCUT2D eigenvalue weighted by Gasteiger charge is -2.05. The molecule has 0 aromatic heterocycles. The molecule has 0 saturated heterocycles. The summed E-state index contributed by atoms with van der Waals surface area (Å²) in [5, 5.41) is 2.65. The van der Waals surface area contributed by atoms with Gasteiger partial charge in [-0.25, -0.2) is 4.79 Å². The predicted molar refractivity (Wildman–Crippen MR) is 86.9 cm³/mol. The van der Waals surface area contributed by atoms with Crippen LogP contribution < -0.4 is 16.8 Å². The number of carbonyl (C=O) groups excluding carboxylic acids is 1. The largest absolute Gasteiger partial charge is 0.445 e. The summed E-state index contributed by atoms with van der Waals surface area (Å²) >= 11 is 0. The Morgan fingerprint density at radius 1 is 1.18 bits per heavy atom. The van der Waals surface area contributed by atoms with Crippen molar-refractivity contribution in [1.29, 1.82) is 0 Å². The number of carbonyl (C=O) groups is 1. The van der Waals surface area contributed by atoms with Crippen LogP contribution in [0.15, 0.2) is 35.3 Å². The summed E-state index contributed by atoms with van der Waals surface area (Å²) in [4.78, 5) is 15.3. The Hall–Kier alpha value is -2.68. The Balaban J connectivity index is 2.02. The minimum Gasteiger partial charge on any atom is -0.445 e. The maximum Gasteiger partial charge on any atom is 0.407 e. The summed E-state index contributed by atoms with van der Waals surface area (Å²) in [5.74, 6) is 6.07. The number of unbranched alkanes of at least 4 members (excludes halogenated alkanes) is 1. The number of guanidine groups is 1. The monoisotopic (exact) mass is 302 g/mol. The van der Waals surface area contributed by atoms with Gasteiger partial charge in [0.15, 0.2) is 5.96 Å². The second-order valence-corrected chi connectivity index (χ2v) is 4.50. The first kappa shape index (κ1) is 17.4. The van der Waals surface area contributed by atoms with Gasteiger partial charge >= 0.3 is 6.09 Å². The van der Waals surface area contributed by atoms with Crippen molar-refractivity contribution in [2.45, 2.75) is 25.9 Å². The van der Waals surface area contributed by atoms with Crippen molar-refractivity contribution < 1.29 is 9.53 Å². The number of nitrogens with one attached hydrogen (secondary N) is 1. The third-order valence-corrected chi connectivity index (χ3v) is 2.61. The first-order valence-electron chi connectivity index (χ1n) is 7.14. The van der Waals surface area contributed by atoms with Crippen molar-refractivity contribution in [3.05, 3.63) is 35.9 Å². The average molecular weight is 302 g/mol. The fraction of sp³-hybridized carbons (Fsp3) is 0.375. The number of rotatable bonds is 7. The Morgan fingerprint density at radius 3 is 2.64 bits per heavy atom. The molecule has 0 unspecified atom stereocenters. The highest BCUT2D eigenvalue weighted by atomic mass is 16.5. The summed E-state index contributed by atoms with van der Waals surface area (Å²) in [5.41, 5.74) is 11.4. The second kappa shape index (κ2) is 11.0. The van der Waals surface area contributed by atoms with E-state index in [4.69, 9.17) is 16.2 Å². The van der Waals surface area contributed by atoms with Crippen LogP contribution in [0.5, 0.6) is 0 Å². The SMILES string of the molecule is NC(N)=NCCCC#CCCNC(=O)OCc1ccccc1. The van der Waals surface area contributed by atoms with Crippen LogP contribution in [-0.4, -0.2) is 25.1 Å². The molecule has 0 atom stereocenters. The van der Waals surface area contributed by atoms with Gasteiger partial charge in [0, 0.05) is 25.9 Å². The molecule has 0 aliphatic heterocycles. The molecule has 118 valence electrons. The molecule has 0 saturated carbocycles. The lowest BCUT2D eigenvalue weighted by Crippen LogP contribution is -2.24. The normalized spacial score (nSPS) is 9.27. The van der Waals surface area contributed by atoms with E-state index in [0.717, 1.165) is 18.4 Å². The van der Waals surface area contributed by atoms with Crippen molar-refractivity contribution in [2.24, 2.45) is 16.5 Å². The Bertz CT molecular complexity index is 528. The molecule has 6 heteroatoms. The van der Waals surface area contributed by atoms with Crippen LogP contribution in [-0.2, 0) is 11.3 Å². The highest BCUT2D eigenvalue weighted by molar-refractivity contribution is 5.75. The Morgan fingerprint density at radius 2 is 1.91 bits per heavy atom. The molecule has 5 N–H and O–H groups in total. The summed E-state index contributed by atoms with van der Waals surface area (Å²) in [6, 6.07) is 9.53. The first-order valence-corrected chi connectivity index (χ1v) is 7.14. The molecule has 1 rings (SSSR count). The molecule has 22 heavy (non-hydrogen) atoms. The van der Waals surface area contributed by atoms with E-state index < -0.39 is 6.09 Å². The van der Waals surface area contributed by atoms with Gasteiger partial charge in [0.05, 0.1) is 0 Å². The zero-order valence-electron chi connectivity index (χ0n) is 12.5. The number of nitrogens with zero attached hydrogens (tertiary/aromatic N) is 1. The summed E-state index contributed by atoms with van der Waals surface area (Å²) in [7, 11) is 0. The van der Waals surface area contributed by atoms with E-state index in [9.17, 15) is 4.79 Å². The molecule has 0 heterocycles. The zero-order chi connectivity index (χ0) is 16.0. The number of nitrogens with two attached hydrogens (primary N) is 2. The van der Waals surface area contributed by atoms with E-state index in [1.165, 1.54) is 0 Å². The van der Waals surface area contributed by atoms with Crippen LogP contribution >= 0.6 is 0 Å². The maximum absolute atomic E-state index is 11.4. The highest BCUT2D eigenvalue weighted by Crippen LogP contribution is 2.00. The third kappa shape index (κ3) is 9.26. The van der Waals surface area contributed by atoms with Crippen LogP contribution in [0.4, 0.5) is 4.79 Å². The number of alkyl carbamates (subject to hydrolysis) is 1.